The minimum absolute atomic E-state index is 0.0350. The summed E-state index contributed by atoms with van der Waals surface area (Å²) in [5, 5.41) is 3.17. The van der Waals surface area contributed by atoms with E-state index in [2.05, 4.69) is 34.3 Å². The number of nitrogens with two attached hydrogens (primary N) is 1. The molecule has 0 radical (unpaired) electrons. The highest BCUT2D eigenvalue weighted by molar-refractivity contribution is 5.77. The molecule has 1 fully saturated rings. The summed E-state index contributed by atoms with van der Waals surface area (Å²) in [4.78, 5) is 17.9. The van der Waals surface area contributed by atoms with E-state index in [1.807, 2.05) is 13.2 Å². The zero-order valence-electron chi connectivity index (χ0n) is 11.6. The van der Waals surface area contributed by atoms with Crippen LogP contribution in [-0.2, 0) is 4.79 Å². The Balaban J connectivity index is 1.98. The lowest BCUT2D eigenvalue weighted by atomic mass is 9.96. The number of nitrogens with zero attached hydrogens (tertiary/aromatic N) is 2. The van der Waals surface area contributed by atoms with Gasteiger partial charge in [-0.15, -0.1) is 0 Å². The highest BCUT2D eigenvalue weighted by Crippen LogP contribution is 2.23. The normalized spacial score (nSPS) is 18.3. The van der Waals surface area contributed by atoms with Crippen molar-refractivity contribution in [2.45, 2.75) is 25.8 Å². The molecule has 1 amide bonds. The van der Waals surface area contributed by atoms with Crippen LogP contribution < -0.4 is 16.0 Å². The maximum Gasteiger partial charge on any atom is 0.220 e. The summed E-state index contributed by atoms with van der Waals surface area (Å²) in [6.07, 6.45) is 3.59. The fraction of sp³-hybridized carbons (Fsp3) is 0.571. The van der Waals surface area contributed by atoms with Gasteiger partial charge in [0.2, 0.25) is 5.91 Å². The van der Waals surface area contributed by atoms with Crippen molar-refractivity contribution in [3.05, 3.63) is 24.0 Å². The van der Waals surface area contributed by atoms with Crippen molar-refractivity contribution in [3.63, 3.8) is 0 Å². The SMILES string of the molecule is CNC(C)c1ccc(N2CCC(C(N)=O)CC2)cn1. The van der Waals surface area contributed by atoms with E-state index >= 15 is 0 Å². The van der Waals surface area contributed by atoms with Gasteiger partial charge in [0.05, 0.1) is 17.6 Å². The molecule has 19 heavy (non-hydrogen) atoms. The van der Waals surface area contributed by atoms with Crippen molar-refractivity contribution in [2.75, 3.05) is 25.0 Å². The molecule has 1 aromatic rings. The minimum Gasteiger partial charge on any atom is -0.370 e. The predicted octanol–water partition coefficient (Wildman–Crippen LogP) is 1.06. The Bertz CT molecular complexity index is 424. The second-order valence-electron chi connectivity index (χ2n) is 5.12. The van der Waals surface area contributed by atoms with E-state index in [0.29, 0.717) is 0 Å². The Morgan fingerprint density at radius 3 is 2.63 bits per heavy atom. The number of primary amides is 1. The third-order valence-corrected chi connectivity index (χ3v) is 3.91. The Hall–Kier alpha value is -1.62. The van der Waals surface area contributed by atoms with Gasteiger partial charge >= 0.3 is 0 Å². The van der Waals surface area contributed by atoms with Crippen LogP contribution in [0, 0.1) is 5.92 Å². The van der Waals surface area contributed by atoms with Gasteiger partial charge in [0, 0.05) is 25.0 Å². The molecule has 1 atom stereocenters. The second-order valence-corrected chi connectivity index (χ2v) is 5.12. The maximum absolute atomic E-state index is 11.1. The number of rotatable bonds is 4. The molecule has 0 aliphatic carbocycles. The lowest BCUT2D eigenvalue weighted by Gasteiger charge is -2.32. The summed E-state index contributed by atoms with van der Waals surface area (Å²) in [6.45, 7) is 3.83. The van der Waals surface area contributed by atoms with Gasteiger partial charge in [-0.3, -0.25) is 9.78 Å². The lowest BCUT2D eigenvalue weighted by molar-refractivity contribution is -0.122. The molecule has 3 N–H and O–H groups in total. The van der Waals surface area contributed by atoms with Gasteiger partial charge in [-0.25, -0.2) is 0 Å². The predicted molar refractivity (Wildman–Crippen MR) is 75.8 cm³/mol. The van der Waals surface area contributed by atoms with E-state index < -0.39 is 0 Å². The zero-order valence-corrected chi connectivity index (χ0v) is 11.6. The standard InChI is InChI=1S/C14H22N4O/c1-10(16-2)13-4-3-12(9-17-13)18-7-5-11(6-8-18)14(15)19/h3-4,9-11,16H,5-8H2,1-2H3,(H2,15,19). The highest BCUT2D eigenvalue weighted by atomic mass is 16.1. The Labute approximate surface area is 114 Å². The summed E-state index contributed by atoms with van der Waals surface area (Å²) in [6, 6.07) is 4.41. The average molecular weight is 262 g/mol. The summed E-state index contributed by atoms with van der Waals surface area (Å²) >= 11 is 0. The monoisotopic (exact) mass is 262 g/mol. The van der Waals surface area contributed by atoms with E-state index in [9.17, 15) is 4.79 Å². The van der Waals surface area contributed by atoms with Gasteiger partial charge in [0.1, 0.15) is 0 Å². The van der Waals surface area contributed by atoms with Crippen LogP contribution >= 0.6 is 0 Å². The molecule has 1 saturated heterocycles. The van der Waals surface area contributed by atoms with Crippen molar-refractivity contribution in [3.8, 4) is 0 Å². The molecule has 1 unspecified atom stereocenters. The fourth-order valence-electron chi connectivity index (χ4n) is 2.41. The van der Waals surface area contributed by atoms with Gasteiger partial charge < -0.3 is 16.0 Å². The number of pyridine rings is 1. The number of carbonyl (C=O) groups excluding carboxylic acids is 1. The number of amides is 1. The number of anilines is 1. The van der Waals surface area contributed by atoms with Crippen molar-refractivity contribution in [1.29, 1.82) is 0 Å². The third kappa shape index (κ3) is 3.23. The third-order valence-electron chi connectivity index (χ3n) is 3.91. The fourth-order valence-corrected chi connectivity index (χ4v) is 2.41. The van der Waals surface area contributed by atoms with Crippen LogP contribution in [0.2, 0.25) is 0 Å². The van der Waals surface area contributed by atoms with E-state index in [0.717, 1.165) is 37.3 Å². The molecule has 0 aromatic carbocycles. The summed E-state index contributed by atoms with van der Waals surface area (Å²) in [7, 11) is 1.93. The van der Waals surface area contributed by atoms with Crippen LogP contribution in [0.15, 0.2) is 18.3 Å². The van der Waals surface area contributed by atoms with Crippen molar-refractivity contribution in [1.82, 2.24) is 10.3 Å². The number of hydrogen-bond acceptors (Lipinski definition) is 4. The molecule has 1 aromatic heterocycles. The molecule has 1 aliphatic rings. The smallest absolute Gasteiger partial charge is 0.220 e. The van der Waals surface area contributed by atoms with Gasteiger partial charge in [0.25, 0.3) is 0 Å². The van der Waals surface area contributed by atoms with Crippen LogP contribution in [0.1, 0.15) is 31.5 Å². The Kier molecular flexibility index (Phi) is 4.37. The van der Waals surface area contributed by atoms with Gasteiger partial charge in [-0.2, -0.15) is 0 Å². The Morgan fingerprint density at radius 1 is 1.47 bits per heavy atom. The maximum atomic E-state index is 11.1. The van der Waals surface area contributed by atoms with E-state index in [4.69, 9.17) is 5.73 Å². The van der Waals surface area contributed by atoms with E-state index in [-0.39, 0.29) is 17.9 Å². The molecular weight excluding hydrogens is 240 g/mol. The first-order valence-electron chi connectivity index (χ1n) is 6.79. The van der Waals surface area contributed by atoms with Crippen LogP contribution in [0.3, 0.4) is 0 Å². The molecule has 2 rings (SSSR count). The Morgan fingerprint density at radius 2 is 2.16 bits per heavy atom. The van der Waals surface area contributed by atoms with E-state index in [1.54, 1.807) is 0 Å². The first-order chi connectivity index (χ1) is 9.11. The van der Waals surface area contributed by atoms with Crippen molar-refractivity contribution in [2.24, 2.45) is 11.7 Å². The average Bonchev–Trinajstić information content (AvgIpc) is 2.46. The van der Waals surface area contributed by atoms with Crippen LogP contribution in [0.4, 0.5) is 5.69 Å². The number of piperidine rings is 1. The number of carbonyl (C=O) groups is 1. The van der Waals surface area contributed by atoms with Crippen molar-refractivity contribution < 1.29 is 4.79 Å². The first-order valence-corrected chi connectivity index (χ1v) is 6.79. The van der Waals surface area contributed by atoms with Crippen LogP contribution in [0.5, 0.6) is 0 Å². The number of nitrogens with one attached hydrogen (secondary N) is 1. The topological polar surface area (TPSA) is 71.2 Å². The van der Waals surface area contributed by atoms with Crippen molar-refractivity contribution >= 4 is 11.6 Å². The summed E-state index contributed by atoms with van der Waals surface area (Å²) in [5.41, 5.74) is 7.50. The second kappa shape index (κ2) is 6.02. The molecule has 5 heteroatoms. The number of aromatic nitrogens is 1. The highest BCUT2D eigenvalue weighted by Gasteiger charge is 2.23. The first kappa shape index (κ1) is 13.8. The molecule has 2 heterocycles. The molecule has 0 bridgehead atoms. The lowest BCUT2D eigenvalue weighted by Crippen LogP contribution is -2.38. The molecule has 0 saturated carbocycles. The quantitative estimate of drug-likeness (QED) is 0.851. The molecule has 0 spiro atoms. The zero-order chi connectivity index (χ0) is 13.8. The molecule has 1 aliphatic heterocycles. The molecular formula is C14H22N4O. The molecule has 104 valence electrons. The molecule has 5 nitrogen and oxygen atoms in total. The largest absolute Gasteiger partial charge is 0.370 e. The summed E-state index contributed by atoms with van der Waals surface area (Å²) in [5.74, 6) is -0.135. The van der Waals surface area contributed by atoms with Crippen LogP contribution in [-0.4, -0.2) is 31.0 Å². The van der Waals surface area contributed by atoms with Gasteiger partial charge in [0.15, 0.2) is 0 Å². The van der Waals surface area contributed by atoms with E-state index in [1.165, 1.54) is 0 Å². The van der Waals surface area contributed by atoms with Gasteiger partial charge in [-0.1, -0.05) is 0 Å². The van der Waals surface area contributed by atoms with Gasteiger partial charge in [-0.05, 0) is 38.9 Å². The van der Waals surface area contributed by atoms with Crippen LogP contribution in [0.25, 0.3) is 0 Å². The number of hydrogen-bond donors (Lipinski definition) is 2. The summed E-state index contributed by atoms with van der Waals surface area (Å²) < 4.78 is 0. The minimum atomic E-state index is -0.170.